The van der Waals surface area contributed by atoms with E-state index in [9.17, 15) is 14.7 Å². The van der Waals surface area contributed by atoms with Gasteiger partial charge in [-0.2, -0.15) is 0 Å². The molecule has 2 aromatic carbocycles. The topological polar surface area (TPSA) is 99.4 Å². The molecule has 0 saturated carbocycles. The SMILES string of the molecule is Cc1cc2nc(N3C(=O)C(=O)/C(=C(/O)c4cccc(Cl)c4)C3c3ccco3)[nH]c2cc1C. The van der Waals surface area contributed by atoms with E-state index in [1.807, 2.05) is 26.0 Å². The monoisotopic (exact) mass is 447 g/mol. The Labute approximate surface area is 187 Å². The van der Waals surface area contributed by atoms with Gasteiger partial charge in [0, 0.05) is 10.6 Å². The van der Waals surface area contributed by atoms with Crippen molar-refractivity contribution < 1.29 is 19.1 Å². The van der Waals surface area contributed by atoms with Gasteiger partial charge in [0.2, 0.25) is 5.95 Å². The number of imidazole rings is 1. The number of benzene rings is 2. The van der Waals surface area contributed by atoms with E-state index in [0.717, 1.165) is 16.6 Å². The van der Waals surface area contributed by atoms with Gasteiger partial charge in [-0.15, -0.1) is 0 Å². The molecular weight excluding hydrogens is 430 g/mol. The number of Topliss-reactive ketones (excluding diaryl/α,β-unsaturated/α-hetero) is 1. The number of nitrogens with one attached hydrogen (secondary N) is 1. The molecule has 1 atom stereocenters. The molecule has 160 valence electrons. The molecular formula is C24H18ClN3O4. The third kappa shape index (κ3) is 3.09. The number of aromatic amines is 1. The van der Waals surface area contributed by atoms with Gasteiger partial charge in [-0.1, -0.05) is 23.7 Å². The molecule has 1 fully saturated rings. The molecule has 8 heteroatoms. The van der Waals surface area contributed by atoms with Crippen LogP contribution >= 0.6 is 11.6 Å². The summed E-state index contributed by atoms with van der Waals surface area (Å²) in [6, 6.07) is 12.6. The first kappa shape index (κ1) is 20.1. The second kappa shape index (κ2) is 7.39. The number of aromatic nitrogens is 2. The van der Waals surface area contributed by atoms with E-state index < -0.39 is 17.7 Å². The van der Waals surface area contributed by atoms with E-state index >= 15 is 0 Å². The standard InChI is InChI=1S/C24H18ClN3O4/c1-12-9-16-17(10-13(12)2)27-24(26-16)28-20(18-7-4-8-32-18)19(22(30)23(28)31)21(29)14-5-3-6-15(25)11-14/h3-11,20,29H,1-2H3,(H,26,27)/b21-19+. The zero-order valence-corrected chi connectivity index (χ0v) is 18.0. The van der Waals surface area contributed by atoms with Gasteiger partial charge in [0.15, 0.2) is 0 Å². The van der Waals surface area contributed by atoms with Gasteiger partial charge >= 0.3 is 5.91 Å². The van der Waals surface area contributed by atoms with Gasteiger partial charge in [0.05, 0.1) is 22.9 Å². The number of hydrogen-bond donors (Lipinski definition) is 2. The van der Waals surface area contributed by atoms with Gasteiger partial charge in [0.25, 0.3) is 5.78 Å². The molecule has 3 heterocycles. The third-order valence-corrected chi connectivity index (χ3v) is 5.90. The lowest BCUT2D eigenvalue weighted by atomic mass is 9.99. The van der Waals surface area contributed by atoms with Crippen LogP contribution in [-0.2, 0) is 9.59 Å². The predicted molar refractivity (Wildman–Crippen MR) is 121 cm³/mol. The maximum atomic E-state index is 13.1. The molecule has 1 aliphatic heterocycles. The minimum atomic E-state index is -0.994. The van der Waals surface area contributed by atoms with Crippen LogP contribution < -0.4 is 4.90 Å². The Bertz CT molecular complexity index is 1380. The van der Waals surface area contributed by atoms with E-state index in [4.69, 9.17) is 16.0 Å². The molecule has 1 unspecified atom stereocenters. The first-order valence-electron chi connectivity index (χ1n) is 9.92. The Hall–Kier alpha value is -3.84. The number of aliphatic hydroxyl groups is 1. The zero-order valence-electron chi connectivity index (χ0n) is 17.2. The highest BCUT2D eigenvalue weighted by atomic mass is 35.5. The highest BCUT2D eigenvalue weighted by Gasteiger charge is 2.49. The van der Waals surface area contributed by atoms with Gasteiger partial charge < -0.3 is 14.5 Å². The predicted octanol–water partition coefficient (Wildman–Crippen LogP) is 5.05. The van der Waals surface area contributed by atoms with E-state index in [-0.39, 0.29) is 17.3 Å². The quantitative estimate of drug-likeness (QED) is 0.260. The van der Waals surface area contributed by atoms with Crippen molar-refractivity contribution in [1.82, 2.24) is 9.97 Å². The van der Waals surface area contributed by atoms with Crippen molar-refractivity contribution in [2.75, 3.05) is 4.90 Å². The summed E-state index contributed by atoms with van der Waals surface area (Å²) in [5.74, 6) is -1.48. The molecule has 0 spiro atoms. The number of carbonyl (C=O) groups excluding carboxylic acids is 2. The average Bonchev–Trinajstić information content (AvgIpc) is 3.47. The number of furan rings is 1. The summed E-state index contributed by atoms with van der Waals surface area (Å²) in [6.07, 6.45) is 1.44. The zero-order chi connectivity index (χ0) is 22.6. The number of fused-ring (bicyclic) bond motifs is 1. The molecule has 32 heavy (non-hydrogen) atoms. The summed E-state index contributed by atoms with van der Waals surface area (Å²) in [5.41, 5.74) is 3.75. The van der Waals surface area contributed by atoms with Crippen LogP contribution in [0.25, 0.3) is 16.8 Å². The Morgan fingerprint density at radius 3 is 2.62 bits per heavy atom. The molecule has 2 aromatic heterocycles. The fourth-order valence-corrected chi connectivity index (χ4v) is 4.12. The molecule has 1 saturated heterocycles. The molecule has 2 N–H and O–H groups in total. The summed E-state index contributed by atoms with van der Waals surface area (Å²) in [4.78, 5) is 35.1. The van der Waals surface area contributed by atoms with Crippen LogP contribution in [0.5, 0.6) is 0 Å². The number of carbonyl (C=O) groups is 2. The number of amides is 1. The van der Waals surface area contributed by atoms with Crippen LogP contribution in [0.4, 0.5) is 5.95 Å². The van der Waals surface area contributed by atoms with Crippen LogP contribution in [0.15, 0.2) is 64.8 Å². The minimum Gasteiger partial charge on any atom is -0.507 e. The molecule has 1 amide bonds. The third-order valence-electron chi connectivity index (χ3n) is 5.67. The Kier molecular flexibility index (Phi) is 4.64. The van der Waals surface area contributed by atoms with Crippen molar-refractivity contribution in [3.05, 3.63) is 87.8 Å². The van der Waals surface area contributed by atoms with Gasteiger partial charge in [-0.25, -0.2) is 4.98 Å². The van der Waals surface area contributed by atoms with Crippen molar-refractivity contribution in [2.45, 2.75) is 19.9 Å². The van der Waals surface area contributed by atoms with E-state index in [2.05, 4.69) is 9.97 Å². The number of rotatable bonds is 3. The minimum absolute atomic E-state index is 0.0972. The smallest absolute Gasteiger partial charge is 0.302 e. The van der Waals surface area contributed by atoms with Crippen LogP contribution in [-0.4, -0.2) is 26.8 Å². The number of hydrogen-bond acceptors (Lipinski definition) is 5. The van der Waals surface area contributed by atoms with Crippen molar-refractivity contribution in [1.29, 1.82) is 0 Å². The first-order valence-corrected chi connectivity index (χ1v) is 10.3. The summed E-state index contributed by atoms with van der Waals surface area (Å²) >= 11 is 6.06. The fraction of sp³-hybridized carbons (Fsp3) is 0.125. The van der Waals surface area contributed by atoms with E-state index in [0.29, 0.717) is 21.9 Å². The molecule has 4 aromatic rings. The lowest BCUT2D eigenvalue weighted by Gasteiger charge is -2.20. The van der Waals surface area contributed by atoms with Crippen LogP contribution in [0.3, 0.4) is 0 Å². The van der Waals surface area contributed by atoms with E-state index in [1.54, 1.807) is 30.3 Å². The van der Waals surface area contributed by atoms with Crippen LogP contribution in [0, 0.1) is 13.8 Å². The highest BCUT2D eigenvalue weighted by Crippen LogP contribution is 2.42. The van der Waals surface area contributed by atoms with Gasteiger partial charge in [-0.3, -0.25) is 14.5 Å². The summed E-state index contributed by atoms with van der Waals surface area (Å²) < 4.78 is 5.56. The Balaban J connectivity index is 1.72. The molecule has 0 bridgehead atoms. The molecule has 7 nitrogen and oxygen atoms in total. The first-order chi connectivity index (χ1) is 15.3. The van der Waals surface area contributed by atoms with Gasteiger partial charge in [-0.05, 0) is 61.4 Å². The summed E-state index contributed by atoms with van der Waals surface area (Å²) in [5, 5.41) is 11.4. The Morgan fingerprint density at radius 1 is 1.12 bits per heavy atom. The largest absolute Gasteiger partial charge is 0.507 e. The average molecular weight is 448 g/mol. The fourth-order valence-electron chi connectivity index (χ4n) is 3.93. The summed E-state index contributed by atoms with van der Waals surface area (Å²) in [6.45, 7) is 3.96. The van der Waals surface area contributed by atoms with Crippen molar-refractivity contribution in [2.24, 2.45) is 0 Å². The Morgan fingerprint density at radius 2 is 1.91 bits per heavy atom. The van der Waals surface area contributed by atoms with Crippen LogP contribution in [0.2, 0.25) is 5.02 Å². The second-order valence-electron chi connectivity index (χ2n) is 7.71. The lowest BCUT2D eigenvalue weighted by molar-refractivity contribution is -0.132. The van der Waals surface area contributed by atoms with Gasteiger partial charge in [0.1, 0.15) is 17.6 Å². The maximum absolute atomic E-state index is 13.1. The maximum Gasteiger partial charge on any atom is 0.302 e. The van der Waals surface area contributed by atoms with Crippen molar-refractivity contribution in [3.63, 3.8) is 0 Å². The number of anilines is 1. The summed E-state index contributed by atoms with van der Waals surface area (Å²) in [7, 11) is 0. The molecule has 0 aliphatic carbocycles. The second-order valence-corrected chi connectivity index (χ2v) is 8.15. The molecule has 1 aliphatic rings. The lowest BCUT2D eigenvalue weighted by Crippen LogP contribution is -2.30. The highest BCUT2D eigenvalue weighted by molar-refractivity contribution is 6.51. The molecule has 0 radical (unpaired) electrons. The van der Waals surface area contributed by atoms with Crippen LogP contribution in [0.1, 0.15) is 28.5 Å². The number of nitrogens with zero attached hydrogens (tertiary/aromatic N) is 2. The number of aryl methyl sites for hydroxylation is 2. The number of halogens is 1. The van der Waals surface area contributed by atoms with E-state index in [1.165, 1.54) is 17.2 Å². The van der Waals surface area contributed by atoms with Crippen molar-refractivity contribution >= 4 is 46.0 Å². The number of aliphatic hydroxyl groups excluding tert-OH is 1. The number of ketones is 1. The number of H-pyrrole nitrogens is 1. The van der Waals surface area contributed by atoms with Crippen molar-refractivity contribution in [3.8, 4) is 0 Å². The normalized spacial score (nSPS) is 18.1. The molecule has 5 rings (SSSR count).